The highest BCUT2D eigenvalue weighted by atomic mass is 35.5. The molecule has 24 heavy (non-hydrogen) atoms. The van der Waals surface area contributed by atoms with Crippen molar-refractivity contribution < 1.29 is 27.5 Å². The molecule has 0 bridgehead atoms. The molecule has 1 N–H and O–H groups in total. The molecular formula is C16H10ClF3O4. The Morgan fingerprint density at radius 1 is 1.29 bits per heavy atom. The lowest BCUT2D eigenvalue weighted by Gasteiger charge is -2.08. The van der Waals surface area contributed by atoms with Crippen molar-refractivity contribution in [1.82, 2.24) is 0 Å². The maximum absolute atomic E-state index is 12.7. The zero-order valence-corrected chi connectivity index (χ0v) is 12.9. The molecule has 1 aromatic carbocycles. The van der Waals surface area contributed by atoms with Crippen LogP contribution in [0.5, 0.6) is 5.75 Å². The normalized spacial score (nSPS) is 11.9. The molecule has 2 rings (SSSR count). The zero-order chi connectivity index (χ0) is 18.1. The summed E-state index contributed by atoms with van der Waals surface area (Å²) in [4.78, 5) is 23.6. The minimum absolute atomic E-state index is 0.00721. The van der Waals surface area contributed by atoms with Gasteiger partial charge in [-0.2, -0.15) is 13.2 Å². The zero-order valence-electron chi connectivity index (χ0n) is 12.1. The molecule has 1 heterocycles. The first-order chi connectivity index (χ1) is 11.1. The number of halogens is 4. The van der Waals surface area contributed by atoms with Crippen LogP contribution in [0.3, 0.4) is 0 Å². The van der Waals surface area contributed by atoms with Crippen LogP contribution in [0.4, 0.5) is 13.2 Å². The van der Waals surface area contributed by atoms with E-state index in [1.165, 1.54) is 6.92 Å². The van der Waals surface area contributed by atoms with E-state index in [-0.39, 0.29) is 16.3 Å². The molecule has 0 fully saturated rings. The molecule has 0 amide bonds. The first-order valence-electron chi connectivity index (χ1n) is 6.52. The van der Waals surface area contributed by atoms with Crippen LogP contribution in [0.25, 0.3) is 6.08 Å². The summed E-state index contributed by atoms with van der Waals surface area (Å²) in [5.74, 6) is -1.39. The van der Waals surface area contributed by atoms with Crippen molar-refractivity contribution in [2.45, 2.75) is 13.1 Å². The van der Waals surface area contributed by atoms with Crippen molar-refractivity contribution in [3.05, 3.63) is 68.2 Å². The molecule has 8 heteroatoms. The van der Waals surface area contributed by atoms with Crippen LogP contribution in [0.1, 0.15) is 27.2 Å². The van der Waals surface area contributed by atoms with Gasteiger partial charge in [0.2, 0.25) is 0 Å². The van der Waals surface area contributed by atoms with Crippen molar-refractivity contribution in [3.8, 4) is 5.75 Å². The molecule has 0 atom stereocenters. The SMILES string of the molecule is Cc1cc(O)c(C(=O)C=Cc2cc(C(F)(F)F)ccc2Cl)c(=O)o1. The summed E-state index contributed by atoms with van der Waals surface area (Å²) in [5, 5.41) is 9.65. The number of hydrogen-bond donors (Lipinski definition) is 1. The first-order valence-corrected chi connectivity index (χ1v) is 6.90. The van der Waals surface area contributed by atoms with E-state index in [0.717, 1.165) is 36.4 Å². The Hall–Kier alpha value is -2.54. The van der Waals surface area contributed by atoms with Crippen molar-refractivity contribution in [2.75, 3.05) is 0 Å². The summed E-state index contributed by atoms with van der Waals surface area (Å²) in [6.07, 6.45) is -2.70. The number of rotatable bonds is 3. The molecule has 1 aromatic heterocycles. The van der Waals surface area contributed by atoms with Gasteiger partial charge in [0, 0.05) is 11.1 Å². The summed E-state index contributed by atoms with van der Waals surface area (Å²) in [6, 6.07) is 3.71. The maximum atomic E-state index is 12.7. The van der Waals surface area contributed by atoms with E-state index in [9.17, 15) is 27.9 Å². The highest BCUT2D eigenvalue weighted by Gasteiger charge is 2.30. The fraction of sp³-hybridized carbons (Fsp3) is 0.125. The lowest BCUT2D eigenvalue weighted by molar-refractivity contribution is -0.137. The number of aromatic hydroxyl groups is 1. The van der Waals surface area contributed by atoms with E-state index >= 15 is 0 Å². The fourth-order valence-corrected chi connectivity index (χ4v) is 2.10. The summed E-state index contributed by atoms with van der Waals surface area (Å²) >= 11 is 5.80. The number of alkyl halides is 3. The first kappa shape index (κ1) is 17.8. The van der Waals surface area contributed by atoms with Gasteiger partial charge in [-0.15, -0.1) is 0 Å². The van der Waals surface area contributed by atoms with E-state index in [0.29, 0.717) is 0 Å². The maximum Gasteiger partial charge on any atom is 0.416 e. The molecule has 0 unspecified atom stereocenters. The van der Waals surface area contributed by atoms with Gasteiger partial charge >= 0.3 is 11.8 Å². The van der Waals surface area contributed by atoms with Crippen LogP contribution in [0.15, 0.2) is 39.6 Å². The van der Waals surface area contributed by atoms with Crippen LogP contribution in [-0.2, 0) is 6.18 Å². The van der Waals surface area contributed by atoms with Gasteiger partial charge in [0.15, 0.2) is 5.78 Å². The van der Waals surface area contributed by atoms with Crippen molar-refractivity contribution in [1.29, 1.82) is 0 Å². The van der Waals surface area contributed by atoms with Crippen molar-refractivity contribution in [3.63, 3.8) is 0 Å². The van der Waals surface area contributed by atoms with Gasteiger partial charge in [-0.25, -0.2) is 4.79 Å². The van der Waals surface area contributed by atoms with Crippen LogP contribution in [0, 0.1) is 6.92 Å². The monoisotopic (exact) mass is 358 g/mol. The van der Waals surface area contributed by atoms with Gasteiger partial charge in [-0.05, 0) is 42.8 Å². The predicted octanol–water partition coefficient (Wildman–Crippen LogP) is 4.22. The van der Waals surface area contributed by atoms with Crippen LogP contribution in [0.2, 0.25) is 5.02 Å². The van der Waals surface area contributed by atoms with E-state index in [2.05, 4.69) is 0 Å². The van der Waals surface area contributed by atoms with E-state index in [1.807, 2.05) is 0 Å². The summed E-state index contributed by atoms with van der Waals surface area (Å²) < 4.78 is 42.8. The number of carbonyl (C=O) groups is 1. The quantitative estimate of drug-likeness (QED) is 0.659. The third kappa shape index (κ3) is 3.86. The van der Waals surface area contributed by atoms with E-state index in [1.54, 1.807) is 0 Å². The third-order valence-corrected chi connectivity index (χ3v) is 3.38. The van der Waals surface area contributed by atoms with Gasteiger partial charge < -0.3 is 9.52 Å². The summed E-state index contributed by atoms with van der Waals surface area (Å²) in [6.45, 7) is 1.41. The second kappa shape index (κ2) is 6.52. The highest BCUT2D eigenvalue weighted by Crippen LogP contribution is 2.32. The average Bonchev–Trinajstić information content (AvgIpc) is 2.44. The van der Waals surface area contributed by atoms with Gasteiger partial charge in [-0.1, -0.05) is 11.6 Å². The van der Waals surface area contributed by atoms with Crippen molar-refractivity contribution in [2.24, 2.45) is 0 Å². The minimum atomic E-state index is -4.56. The number of aryl methyl sites for hydroxylation is 1. The standard InChI is InChI=1S/C16H10ClF3O4/c1-8-6-13(22)14(15(23)24-8)12(21)5-2-9-7-10(16(18,19)20)3-4-11(9)17/h2-7,22H,1H3. The van der Waals surface area contributed by atoms with E-state index < -0.39 is 34.5 Å². The molecule has 126 valence electrons. The average molecular weight is 359 g/mol. The Balaban J connectivity index is 2.38. The Bertz CT molecular complexity index is 882. The van der Waals surface area contributed by atoms with Gasteiger partial charge in [-0.3, -0.25) is 4.79 Å². The molecule has 2 aromatic rings. The summed E-state index contributed by atoms with van der Waals surface area (Å²) in [7, 11) is 0. The largest absolute Gasteiger partial charge is 0.507 e. The fourth-order valence-electron chi connectivity index (χ4n) is 1.92. The van der Waals surface area contributed by atoms with Crippen LogP contribution < -0.4 is 5.63 Å². The molecule has 0 saturated carbocycles. The smallest absolute Gasteiger partial charge is 0.416 e. The number of allylic oxidation sites excluding steroid dienone is 1. The second-order valence-corrected chi connectivity index (χ2v) is 5.24. The molecule has 0 radical (unpaired) electrons. The van der Waals surface area contributed by atoms with Crippen LogP contribution in [-0.4, -0.2) is 10.9 Å². The lowest BCUT2D eigenvalue weighted by Crippen LogP contribution is -2.13. The molecule has 0 aliphatic carbocycles. The Morgan fingerprint density at radius 3 is 2.54 bits per heavy atom. The number of benzene rings is 1. The highest BCUT2D eigenvalue weighted by molar-refractivity contribution is 6.32. The van der Waals surface area contributed by atoms with E-state index in [4.69, 9.17) is 16.0 Å². The van der Waals surface area contributed by atoms with Crippen molar-refractivity contribution >= 4 is 23.5 Å². The number of hydrogen-bond acceptors (Lipinski definition) is 4. The molecule has 4 nitrogen and oxygen atoms in total. The topological polar surface area (TPSA) is 67.5 Å². The Labute approximate surface area is 138 Å². The Morgan fingerprint density at radius 2 is 1.96 bits per heavy atom. The Kier molecular flexibility index (Phi) is 4.84. The predicted molar refractivity (Wildman–Crippen MR) is 81.2 cm³/mol. The number of ketones is 1. The third-order valence-electron chi connectivity index (χ3n) is 3.04. The van der Waals surface area contributed by atoms with Gasteiger partial charge in [0.1, 0.15) is 17.1 Å². The number of carbonyl (C=O) groups excluding carboxylic acids is 1. The van der Waals surface area contributed by atoms with Gasteiger partial charge in [0.05, 0.1) is 5.56 Å². The lowest BCUT2D eigenvalue weighted by atomic mass is 10.1. The van der Waals surface area contributed by atoms with Crippen LogP contribution >= 0.6 is 11.6 Å². The molecule has 0 aliphatic heterocycles. The molecular weight excluding hydrogens is 349 g/mol. The molecule has 0 aliphatic rings. The minimum Gasteiger partial charge on any atom is -0.507 e. The second-order valence-electron chi connectivity index (χ2n) is 4.84. The van der Waals surface area contributed by atoms with Gasteiger partial charge in [0.25, 0.3) is 0 Å². The summed E-state index contributed by atoms with van der Waals surface area (Å²) in [5.41, 5.74) is -2.65. The molecule has 0 spiro atoms. The molecule has 0 saturated heterocycles.